The van der Waals surface area contributed by atoms with Crippen LogP contribution in [0, 0.1) is 11.7 Å². The maximum absolute atomic E-state index is 14.3. The quantitative estimate of drug-likeness (QED) is 0.312. The summed E-state index contributed by atoms with van der Waals surface area (Å²) in [6.45, 7) is 6.67. The first-order chi connectivity index (χ1) is 13.2. The minimum Gasteiger partial charge on any atom is -0.490 e. The second kappa shape index (κ2) is 11.2. The Hall–Kier alpha value is -1.84. The van der Waals surface area contributed by atoms with Crippen molar-refractivity contribution in [1.29, 1.82) is 0 Å². The number of guanidine groups is 1. The largest absolute Gasteiger partial charge is 0.490 e. The van der Waals surface area contributed by atoms with E-state index in [2.05, 4.69) is 20.7 Å². The molecule has 1 aromatic carbocycles. The first-order valence-electron chi connectivity index (χ1n) is 9.60. The predicted octanol–water partition coefficient (Wildman–Crippen LogP) is 3.75. The highest BCUT2D eigenvalue weighted by Crippen LogP contribution is 2.30. The van der Waals surface area contributed by atoms with Gasteiger partial charge in [0.1, 0.15) is 0 Å². The summed E-state index contributed by atoms with van der Waals surface area (Å²) in [5.74, 6) is 1.32. The normalized spacial score (nSPS) is 14.9. The maximum Gasteiger partial charge on any atom is 0.191 e. The number of aliphatic imine (C=N–C) groups is 1. The minimum absolute atomic E-state index is 0. The Morgan fingerprint density at radius 3 is 2.89 bits per heavy atom. The summed E-state index contributed by atoms with van der Waals surface area (Å²) in [6, 6.07) is 6.96. The molecule has 1 atom stereocenters. The summed E-state index contributed by atoms with van der Waals surface area (Å²) in [4.78, 5) is 4.56. The molecule has 154 valence electrons. The van der Waals surface area contributed by atoms with E-state index in [1.165, 1.54) is 18.9 Å². The van der Waals surface area contributed by atoms with Crippen molar-refractivity contribution in [1.82, 2.24) is 20.4 Å². The van der Waals surface area contributed by atoms with Gasteiger partial charge >= 0.3 is 0 Å². The molecular formula is C20H29FIN5O. The molecule has 8 heteroatoms. The molecule has 0 spiro atoms. The molecule has 2 N–H and O–H groups in total. The number of halogens is 2. The summed E-state index contributed by atoms with van der Waals surface area (Å²) in [6.07, 6.45) is 6.04. The zero-order valence-electron chi connectivity index (χ0n) is 16.4. The lowest BCUT2D eigenvalue weighted by Crippen LogP contribution is -2.39. The van der Waals surface area contributed by atoms with Crippen LogP contribution in [0.1, 0.15) is 38.3 Å². The smallest absolute Gasteiger partial charge is 0.191 e. The molecule has 2 aromatic rings. The van der Waals surface area contributed by atoms with Crippen molar-refractivity contribution in [2.24, 2.45) is 10.9 Å². The van der Waals surface area contributed by atoms with E-state index in [0.29, 0.717) is 37.3 Å². The van der Waals surface area contributed by atoms with Gasteiger partial charge < -0.3 is 15.4 Å². The molecule has 1 fully saturated rings. The van der Waals surface area contributed by atoms with Gasteiger partial charge in [-0.25, -0.2) is 4.39 Å². The zero-order chi connectivity index (χ0) is 19.1. The van der Waals surface area contributed by atoms with E-state index in [1.807, 2.05) is 36.9 Å². The highest BCUT2D eigenvalue weighted by Gasteiger charge is 2.22. The molecule has 1 aromatic heterocycles. The Labute approximate surface area is 183 Å². The van der Waals surface area contributed by atoms with Gasteiger partial charge in [-0.1, -0.05) is 6.07 Å². The summed E-state index contributed by atoms with van der Waals surface area (Å²) in [5, 5.41) is 10.7. The highest BCUT2D eigenvalue weighted by atomic mass is 127. The van der Waals surface area contributed by atoms with Gasteiger partial charge in [0.25, 0.3) is 0 Å². The number of benzene rings is 1. The summed E-state index contributed by atoms with van der Waals surface area (Å²) >= 11 is 0. The van der Waals surface area contributed by atoms with Crippen LogP contribution in [0.15, 0.2) is 41.7 Å². The van der Waals surface area contributed by atoms with Gasteiger partial charge in [-0.15, -0.1) is 24.0 Å². The Bertz CT molecular complexity index is 749. The SMILES string of the molecule is CCNC(=NCCn1cccn1)NC(C)c1ccc(OCC2CC2)c(F)c1.I. The standard InChI is InChI=1S/C20H28FN5O.HI/c1-3-22-20(23-10-12-26-11-4-9-24-26)25-15(2)17-7-8-19(18(21)13-17)27-14-16-5-6-16;/h4,7-9,11,13,15-16H,3,5-6,10,12,14H2,1-2H3,(H2,22,23,25);1H. The van der Waals surface area contributed by atoms with Gasteiger partial charge in [0, 0.05) is 18.9 Å². The molecule has 0 radical (unpaired) electrons. The molecule has 0 bridgehead atoms. The molecule has 0 saturated heterocycles. The number of nitrogens with one attached hydrogen (secondary N) is 2. The molecule has 3 rings (SSSR count). The van der Waals surface area contributed by atoms with Gasteiger partial charge in [-0.2, -0.15) is 5.10 Å². The Morgan fingerprint density at radius 1 is 1.43 bits per heavy atom. The first kappa shape index (κ1) is 22.4. The number of nitrogens with zero attached hydrogens (tertiary/aromatic N) is 3. The van der Waals surface area contributed by atoms with Crippen molar-refractivity contribution >= 4 is 29.9 Å². The van der Waals surface area contributed by atoms with Crippen LogP contribution in [0.25, 0.3) is 0 Å². The van der Waals surface area contributed by atoms with E-state index < -0.39 is 0 Å². The topological polar surface area (TPSA) is 63.5 Å². The average Bonchev–Trinajstić information content (AvgIpc) is 3.34. The molecule has 1 aliphatic carbocycles. The van der Waals surface area contributed by atoms with E-state index in [9.17, 15) is 4.39 Å². The Kier molecular flexibility index (Phi) is 9.01. The molecule has 0 amide bonds. The van der Waals surface area contributed by atoms with E-state index in [0.717, 1.165) is 12.1 Å². The van der Waals surface area contributed by atoms with Crippen molar-refractivity contribution < 1.29 is 9.13 Å². The molecule has 6 nitrogen and oxygen atoms in total. The van der Waals surface area contributed by atoms with Gasteiger partial charge in [0.2, 0.25) is 0 Å². The Morgan fingerprint density at radius 2 is 2.25 bits per heavy atom. The number of aromatic nitrogens is 2. The number of ether oxygens (including phenoxy) is 1. The molecule has 1 saturated carbocycles. The average molecular weight is 501 g/mol. The van der Waals surface area contributed by atoms with Gasteiger partial charge in [0.15, 0.2) is 17.5 Å². The van der Waals surface area contributed by atoms with Gasteiger partial charge in [-0.05, 0) is 56.4 Å². The summed E-state index contributed by atoms with van der Waals surface area (Å²) in [5.41, 5.74) is 0.851. The molecule has 1 aliphatic rings. The highest BCUT2D eigenvalue weighted by molar-refractivity contribution is 14.0. The Balaban J connectivity index is 0.00000280. The van der Waals surface area contributed by atoms with Gasteiger partial charge in [0.05, 0.1) is 25.7 Å². The molecule has 28 heavy (non-hydrogen) atoms. The van der Waals surface area contributed by atoms with E-state index in [-0.39, 0.29) is 35.8 Å². The minimum atomic E-state index is -0.317. The summed E-state index contributed by atoms with van der Waals surface area (Å²) in [7, 11) is 0. The second-order valence-electron chi connectivity index (χ2n) is 6.84. The van der Waals surface area contributed by atoms with Crippen LogP contribution in [-0.4, -0.2) is 35.4 Å². The third kappa shape index (κ3) is 6.96. The lowest BCUT2D eigenvalue weighted by molar-refractivity contribution is 0.285. The maximum atomic E-state index is 14.3. The predicted molar refractivity (Wildman–Crippen MR) is 120 cm³/mol. The van der Waals surface area contributed by atoms with E-state index >= 15 is 0 Å². The molecule has 0 aliphatic heterocycles. The van der Waals surface area contributed by atoms with Crippen molar-refractivity contribution in [2.75, 3.05) is 19.7 Å². The number of rotatable bonds is 9. The van der Waals surface area contributed by atoms with Crippen molar-refractivity contribution in [3.8, 4) is 5.75 Å². The first-order valence-corrected chi connectivity index (χ1v) is 9.60. The zero-order valence-corrected chi connectivity index (χ0v) is 18.7. The van der Waals surface area contributed by atoms with Crippen molar-refractivity contribution in [3.05, 3.63) is 48.0 Å². The number of hydrogen-bond acceptors (Lipinski definition) is 3. The molecular weight excluding hydrogens is 472 g/mol. The van der Waals surface area contributed by atoms with Crippen LogP contribution < -0.4 is 15.4 Å². The van der Waals surface area contributed by atoms with Crippen LogP contribution in [0.3, 0.4) is 0 Å². The fraction of sp³-hybridized carbons (Fsp3) is 0.500. The fourth-order valence-electron chi connectivity index (χ4n) is 2.70. The number of hydrogen-bond donors (Lipinski definition) is 2. The van der Waals surface area contributed by atoms with Crippen LogP contribution >= 0.6 is 24.0 Å². The lowest BCUT2D eigenvalue weighted by atomic mass is 10.1. The third-order valence-electron chi connectivity index (χ3n) is 4.48. The van der Waals surface area contributed by atoms with Gasteiger partial charge in [-0.3, -0.25) is 9.67 Å². The third-order valence-corrected chi connectivity index (χ3v) is 4.48. The van der Waals surface area contributed by atoms with Crippen LogP contribution in [0.4, 0.5) is 4.39 Å². The fourth-order valence-corrected chi connectivity index (χ4v) is 2.70. The van der Waals surface area contributed by atoms with E-state index in [4.69, 9.17) is 4.74 Å². The van der Waals surface area contributed by atoms with Crippen LogP contribution in [0.2, 0.25) is 0 Å². The van der Waals surface area contributed by atoms with E-state index in [1.54, 1.807) is 12.3 Å². The monoisotopic (exact) mass is 501 g/mol. The molecule has 1 heterocycles. The summed E-state index contributed by atoms with van der Waals surface area (Å²) < 4.78 is 21.7. The van der Waals surface area contributed by atoms with Crippen molar-refractivity contribution in [2.45, 2.75) is 39.3 Å². The van der Waals surface area contributed by atoms with Crippen LogP contribution in [-0.2, 0) is 6.54 Å². The van der Waals surface area contributed by atoms with Crippen molar-refractivity contribution in [3.63, 3.8) is 0 Å². The second-order valence-corrected chi connectivity index (χ2v) is 6.84. The lowest BCUT2D eigenvalue weighted by Gasteiger charge is -2.19. The van der Waals surface area contributed by atoms with Crippen LogP contribution in [0.5, 0.6) is 5.75 Å². The molecule has 1 unspecified atom stereocenters.